The van der Waals surface area contributed by atoms with E-state index in [1.54, 1.807) is 0 Å². The molecule has 1 atom stereocenters. The van der Waals surface area contributed by atoms with Gasteiger partial charge in [0, 0.05) is 0 Å². The molecule has 0 saturated heterocycles. The molecule has 0 aliphatic heterocycles. The van der Waals surface area contributed by atoms with Crippen LogP contribution in [0, 0.1) is 0 Å². The van der Waals surface area contributed by atoms with Gasteiger partial charge in [-0.25, -0.2) is 4.74 Å². The monoisotopic (exact) mass is 504 g/mol. The summed E-state index contributed by atoms with van der Waals surface area (Å²) in [6.07, 6.45) is -24.5. The highest BCUT2D eigenvalue weighted by atomic mass is 127. The van der Waals surface area contributed by atoms with Crippen LogP contribution in [0.1, 0.15) is 0 Å². The first-order chi connectivity index (χ1) is 10.3. The minimum atomic E-state index is -7.15. The summed E-state index contributed by atoms with van der Waals surface area (Å²) in [6.45, 7) is 0. The summed E-state index contributed by atoms with van der Waals surface area (Å²) in [7, 11) is 0. The summed E-state index contributed by atoms with van der Waals surface area (Å²) in [5.41, 5.74) is 0. The second-order valence-corrected chi connectivity index (χ2v) is 4.47. The third kappa shape index (κ3) is 4.48. The number of halogens is 14. The van der Waals surface area contributed by atoms with Crippen molar-refractivity contribution in [3.05, 3.63) is 12.1 Å². The molecule has 0 heterocycles. The van der Waals surface area contributed by atoms with E-state index in [9.17, 15) is 57.1 Å². The Morgan fingerprint density at radius 2 is 1.17 bits per heavy atom. The zero-order chi connectivity index (χ0) is 19.8. The van der Waals surface area contributed by atoms with Crippen LogP contribution in [0.2, 0.25) is 0 Å². The number of ether oxygens (including phenoxy) is 2. The molecule has 0 aromatic carbocycles. The molecule has 0 spiro atoms. The van der Waals surface area contributed by atoms with Gasteiger partial charge in [0.15, 0.2) is 0 Å². The molecule has 0 aliphatic carbocycles. The summed E-state index contributed by atoms with van der Waals surface area (Å²) >= 11 is 0.504. The molecule has 0 aliphatic rings. The van der Waals surface area contributed by atoms with Crippen molar-refractivity contribution in [2.75, 3.05) is 4.43 Å². The van der Waals surface area contributed by atoms with Gasteiger partial charge in [-0.05, 0) is 0 Å². The topological polar surface area (TPSA) is 18.5 Å². The van der Waals surface area contributed by atoms with E-state index in [2.05, 4.69) is 0 Å². The van der Waals surface area contributed by atoms with Gasteiger partial charge in [0.25, 0.3) is 0 Å². The van der Waals surface area contributed by atoms with Crippen LogP contribution >= 0.6 is 22.6 Å². The summed E-state index contributed by atoms with van der Waals surface area (Å²) in [5, 5.41) is 0. The lowest BCUT2D eigenvalue weighted by molar-refractivity contribution is -0.510. The van der Waals surface area contributed by atoms with Crippen LogP contribution in [0.5, 0.6) is 0 Å². The normalized spacial score (nSPS) is 16.6. The maximum atomic E-state index is 13.3. The Hall–Kier alpha value is -0.680. The van der Waals surface area contributed by atoms with Crippen molar-refractivity contribution < 1.29 is 66.5 Å². The van der Waals surface area contributed by atoms with Gasteiger partial charge in [-0.2, -0.15) is 57.1 Å². The van der Waals surface area contributed by atoms with Crippen LogP contribution in [-0.2, 0) is 9.47 Å². The Bertz CT molecular complexity index is 483. The molecule has 0 aromatic rings. The molecular weight excluding hydrogens is 502 g/mol. The molecule has 0 saturated carbocycles. The average Bonchev–Trinajstić information content (AvgIpc) is 2.35. The van der Waals surface area contributed by atoms with Crippen molar-refractivity contribution in [2.45, 2.75) is 30.2 Å². The van der Waals surface area contributed by atoms with Gasteiger partial charge in [-0.3, -0.25) is 0 Å². The molecule has 2 nitrogen and oxygen atoms in total. The van der Waals surface area contributed by atoms with Gasteiger partial charge >= 0.3 is 42.3 Å². The van der Waals surface area contributed by atoms with E-state index in [0.717, 1.165) is 0 Å². The van der Waals surface area contributed by atoms with Crippen molar-refractivity contribution in [3.63, 3.8) is 0 Å². The molecule has 0 amide bonds. The summed E-state index contributed by atoms with van der Waals surface area (Å²) in [5.74, 6) is -12.5. The van der Waals surface area contributed by atoms with Crippen molar-refractivity contribution >= 4 is 22.6 Å². The fourth-order valence-corrected chi connectivity index (χ4v) is 1.27. The first-order valence-electron chi connectivity index (χ1n) is 4.89. The molecule has 24 heavy (non-hydrogen) atoms. The lowest BCUT2D eigenvalue weighted by Gasteiger charge is -2.36. The van der Waals surface area contributed by atoms with E-state index in [1.165, 1.54) is 0 Å². The lowest BCUT2D eigenvalue weighted by atomic mass is 10.2. The van der Waals surface area contributed by atoms with Crippen molar-refractivity contribution in [3.8, 4) is 0 Å². The van der Waals surface area contributed by atoms with Crippen LogP contribution in [0.3, 0.4) is 0 Å². The molecular formula is C8H2F13IO2. The lowest BCUT2D eigenvalue weighted by Crippen LogP contribution is -2.62. The van der Waals surface area contributed by atoms with Gasteiger partial charge in [0.1, 0.15) is 0 Å². The number of hydrogen-bond acceptors (Lipinski definition) is 2. The molecule has 0 bridgehead atoms. The van der Waals surface area contributed by atoms with Crippen molar-refractivity contribution in [1.29, 1.82) is 0 Å². The van der Waals surface area contributed by atoms with Gasteiger partial charge in [-0.1, -0.05) is 22.6 Å². The van der Waals surface area contributed by atoms with Gasteiger partial charge in [0.05, 0.1) is 4.43 Å². The zero-order valence-corrected chi connectivity index (χ0v) is 12.5. The first-order valence-corrected chi connectivity index (χ1v) is 6.42. The fraction of sp³-hybridized carbons (Fsp3) is 0.750. The number of hydrogen-bond donors (Lipinski definition) is 0. The van der Waals surface area contributed by atoms with E-state index in [-0.39, 0.29) is 0 Å². The summed E-state index contributed by atoms with van der Waals surface area (Å²) in [6, 6.07) is -3.86. The quantitative estimate of drug-likeness (QED) is 0.197. The third-order valence-corrected chi connectivity index (χ3v) is 2.93. The second kappa shape index (κ2) is 6.91. The highest BCUT2D eigenvalue weighted by Gasteiger charge is 2.80. The molecule has 16 heteroatoms. The minimum Gasteiger partial charge on any atom is -0.414 e. The minimum absolute atomic E-state index is 0.504. The Morgan fingerprint density at radius 1 is 0.750 bits per heavy atom. The van der Waals surface area contributed by atoms with E-state index in [4.69, 9.17) is 0 Å². The highest BCUT2D eigenvalue weighted by molar-refractivity contribution is 14.1. The van der Waals surface area contributed by atoms with E-state index in [1.807, 2.05) is 9.47 Å². The first kappa shape index (κ1) is 23.3. The number of rotatable bonds is 7. The maximum absolute atomic E-state index is 13.3. The molecule has 1 unspecified atom stereocenters. The Kier molecular flexibility index (Phi) is 6.71. The Labute approximate surface area is 136 Å². The maximum Gasteiger partial charge on any atom is 0.470 e. The molecule has 0 aromatic heterocycles. The van der Waals surface area contributed by atoms with Gasteiger partial charge in [0.2, 0.25) is 0 Å². The van der Waals surface area contributed by atoms with Gasteiger partial charge < -0.3 is 4.74 Å². The third-order valence-electron chi connectivity index (χ3n) is 1.97. The van der Waals surface area contributed by atoms with E-state index < -0.39 is 46.7 Å². The standard InChI is InChI=1S/C8H2F13IO2/c9-2(10)3(11)23-5(14,6(15,16)17)8(20,21)24-7(18,19)4(12,13)1-22/h1H2. The molecule has 0 rings (SSSR count). The zero-order valence-electron chi connectivity index (χ0n) is 10.3. The summed E-state index contributed by atoms with van der Waals surface area (Å²) < 4.78 is 165. The molecule has 0 radical (unpaired) electrons. The van der Waals surface area contributed by atoms with E-state index >= 15 is 0 Å². The van der Waals surface area contributed by atoms with Gasteiger partial charge in [-0.15, -0.1) is 0 Å². The molecule has 0 N–H and O–H groups in total. The van der Waals surface area contributed by atoms with Crippen LogP contribution < -0.4 is 0 Å². The van der Waals surface area contributed by atoms with Crippen LogP contribution in [0.4, 0.5) is 57.1 Å². The smallest absolute Gasteiger partial charge is 0.414 e. The fourth-order valence-electron chi connectivity index (χ4n) is 0.823. The SMILES string of the molecule is FC(F)=C(F)OC(F)(C(F)(F)F)C(F)(F)OC(F)(F)C(F)(F)CI. The predicted molar refractivity (Wildman–Crippen MR) is 56.1 cm³/mol. The molecule has 0 fully saturated rings. The summed E-state index contributed by atoms with van der Waals surface area (Å²) in [4.78, 5) is 0. The predicted octanol–water partition coefficient (Wildman–Crippen LogP) is 5.54. The van der Waals surface area contributed by atoms with Crippen LogP contribution in [0.25, 0.3) is 0 Å². The van der Waals surface area contributed by atoms with E-state index in [0.29, 0.717) is 22.6 Å². The second-order valence-electron chi connectivity index (χ2n) is 3.70. The number of alkyl halides is 11. The Morgan fingerprint density at radius 3 is 1.46 bits per heavy atom. The van der Waals surface area contributed by atoms with Crippen molar-refractivity contribution in [1.82, 2.24) is 0 Å². The Balaban J connectivity index is 6.00. The largest absolute Gasteiger partial charge is 0.470 e. The van der Waals surface area contributed by atoms with Crippen molar-refractivity contribution in [2.24, 2.45) is 0 Å². The van der Waals surface area contributed by atoms with Crippen LogP contribution in [-0.4, -0.2) is 34.6 Å². The highest BCUT2D eigenvalue weighted by Crippen LogP contribution is 2.52. The van der Waals surface area contributed by atoms with Crippen LogP contribution in [0.15, 0.2) is 12.1 Å². The molecule has 144 valence electrons. The average molecular weight is 504 g/mol.